The monoisotopic (exact) mass is 294 g/mol. The highest BCUT2D eigenvalue weighted by Crippen LogP contribution is 2.17. The lowest BCUT2D eigenvalue weighted by atomic mass is 10.2. The second-order valence-corrected chi connectivity index (χ2v) is 6.22. The first-order valence-electron chi connectivity index (χ1n) is 6.44. The number of likely N-dealkylation sites (tertiary alicyclic amines) is 1. The summed E-state index contributed by atoms with van der Waals surface area (Å²) in [5, 5.41) is 2.92. The van der Waals surface area contributed by atoms with Crippen molar-refractivity contribution < 1.29 is 4.79 Å². The van der Waals surface area contributed by atoms with E-state index < -0.39 is 0 Å². The summed E-state index contributed by atoms with van der Waals surface area (Å²) in [5.74, 6) is 0.379. The smallest absolute Gasteiger partial charge is 0.234 e. The Balaban J connectivity index is 1.78. The van der Waals surface area contributed by atoms with Gasteiger partial charge >= 0.3 is 0 Å². The molecular weight excluding hydrogens is 276 g/mol. The van der Waals surface area contributed by atoms with Gasteiger partial charge in [0.15, 0.2) is 0 Å². The number of carbonyl (C=O) groups is 1. The number of thioether (sulfide) groups is 1. The fourth-order valence-corrected chi connectivity index (χ4v) is 3.07. The molecule has 1 heterocycles. The van der Waals surface area contributed by atoms with Gasteiger partial charge in [0.1, 0.15) is 4.32 Å². The highest BCUT2D eigenvalue weighted by molar-refractivity contribution is 8.23. The Morgan fingerprint density at radius 2 is 2.05 bits per heavy atom. The normalized spacial score (nSPS) is 14.5. The molecule has 1 fully saturated rings. The fraction of sp³-hybridized carbons (Fsp3) is 0.429. The number of anilines is 1. The minimum Gasteiger partial charge on any atom is -0.358 e. The first-order valence-corrected chi connectivity index (χ1v) is 7.83. The Morgan fingerprint density at radius 1 is 1.37 bits per heavy atom. The van der Waals surface area contributed by atoms with Gasteiger partial charge in [-0.15, -0.1) is 0 Å². The number of thiocarbonyl (C=S) groups is 1. The van der Waals surface area contributed by atoms with Gasteiger partial charge in [0.25, 0.3) is 0 Å². The molecule has 2 rings (SSSR count). The average Bonchev–Trinajstić information content (AvgIpc) is 2.93. The number of nitrogens with zero attached hydrogens (tertiary/aromatic N) is 1. The lowest BCUT2D eigenvalue weighted by molar-refractivity contribution is -0.113. The van der Waals surface area contributed by atoms with E-state index in [-0.39, 0.29) is 5.91 Å². The van der Waals surface area contributed by atoms with E-state index in [1.165, 1.54) is 24.6 Å². The highest BCUT2D eigenvalue weighted by Gasteiger charge is 2.16. The summed E-state index contributed by atoms with van der Waals surface area (Å²) >= 11 is 6.78. The Labute approximate surface area is 123 Å². The van der Waals surface area contributed by atoms with Gasteiger partial charge in [0.2, 0.25) is 5.91 Å². The number of amides is 1. The number of hydrogen-bond acceptors (Lipinski definition) is 3. The largest absolute Gasteiger partial charge is 0.358 e. The van der Waals surface area contributed by atoms with Crippen molar-refractivity contribution in [3.8, 4) is 0 Å². The van der Waals surface area contributed by atoms with Crippen LogP contribution in [0.3, 0.4) is 0 Å². The van der Waals surface area contributed by atoms with Gasteiger partial charge in [0.05, 0.1) is 5.75 Å². The third-order valence-electron chi connectivity index (χ3n) is 3.11. The van der Waals surface area contributed by atoms with Crippen LogP contribution in [0.25, 0.3) is 0 Å². The molecule has 1 aromatic carbocycles. The molecule has 1 aliphatic rings. The molecule has 0 radical (unpaired) electrons. The predicted octanol–water partition coefficient (Wildman–Crippen LogP) is 3.05. The lowest BCUT2D eigenvalue weighted by Gasteiger charge is -2.17. The number of hydrogen-bond donors (Lipinski definition) is 1. The summed E-state index contributed by atoms with van der Waals surface area (Å²) in [6, 6.07) is 7.78. The van der Waals surface area contributed by atoms with E-state index in [2.05, 4.69) is 10.2 Å². The van der Waals surface area contributed by atoms with Crippen LogP contribution in [0, 0.1) is 6.92 Å². The molecule has 0 spiro atoms. The van der Waals surface area contributed by atoms with Gasteiger partial charge in [0, 0.05) is 18.8 Å². The third kappa shape index (κ3) is 4.21. The van der Waals surface area contributed by atoms with Crippen molar-refractivity contribution in [2.24, 2.45) is 0 Å². The van der Waals surface area contributed by atoms with Crippen molar-refractivity contribution in [1.29, 1.82) is 0 Å². The first-order chi connectivity index (χ1) is 9.16. The van der Waals surface area contributed by atoms with Crippen LogP contribution >= 0.6 is 24.0 Å². The zero-order valence-electron chi connectivity index (χ0n) is 11.0. The van der Waals surface area contributed by atoms with Crippen LogP contribution in [0.15, 0.2) is 24.3 Å². The van der Waals surface area contributed by atoms with Crippen LogP contribution in [-0.2, 0) is 4.79 Å². The molecule has 1 amide bonds. The molecule has 3 nitrogen and oxygen atoms in total. The van der Waals surface area contributed by atoms with Gasteiger partial charge in [-0.25, -0.2) is 0 Å². The molecule has 0 atom stereocenters. The zero-order chi connectivity index (χ0) is 13.7. The van der Waals surface area contributed by atoms with E-state index in [0.29, 0.717) is 5.75 Å². The molecular formula is C14H18N2OS2. The standard InChI is InChI=1S/C14H18N2OS2/c1-11-6-2-3-7-12(11)15-13(17)10-19-14(18)16-8-4-5-9-16/h2-3,6-7H,4-5,8-10H2,1H3,(H,15,17). The SMILES string of the molecule is Cc1ccccc1NC(=O)CSC(=S)N1CCCC1. The minimum absolute atomic E-state index is 0.000784. The molecule has 0 aromatic heterocycles. The summed E-state index contributed by atoms with van der Waals surface area (Å²) < 4.78 is 0.845. The topological polar surface area (TPSA) is 32.3 Å². The van der Waals surface area contributed by atoms with Gasteiger partial charge in [-0.2, -0.15) is 0 Å². The maximum Gasteiger partial charge on any atom is 0.234 e. The number of para-hydroxylation sites is 1. The van der Waals surface area contributed by atoms with E-state index in [4.69, 9.17) is 12.2 Å². The maximum atomic E-state index is 11.9. The van der Waals surface area contributed by atoms with Gasteiger partial charge in [-0.05, 0) is 31.4 Å². The average molecular weight is 294 g/mol. The van der Waals surface area contributed by atoms with E-state index in [1.807, 2.05) is 31.2 Å². The third-order valence-corrected chi connectivity index (χ3v) is 4.63. The van der Waals surface area contributed by atoms with Crippen LogP contribution < -0.4 is 5.32 Å². The Kier molecular flexibility index (Phi) is 5.22. The van der Waals surface area contributed by atoms with Gasteiger partial charge in [-0.1, -0.05) is 42.2 Å². The number of benzene rings is 1. The summed E-state index contributed by atoms with van der Waals surface area (Å²) in [6.07, 6.45) is 2.41. The molecule has 0 aliphatic carbocycles. The quantitative estimate of drug-likeness (QED) is 0.869. The first kappa shape index (κ1) is 14.3. The maximum absolute atomic E-state index is 11.9. The second kappa shape index (κ2) is 6.91. The Bertz CT molecular complexity index is 470. The van der Waals surface area contributed by atoms with Gasteiger partial charge < -0.3 is 10.2 Å². The molecule has 0 bridgehead atoms. The van der Waals surface area contributed by atoms with Crippen LogP contribution in [0.5, 0.6) is 0 Å². The number of rotatable bonds is 3. The van der Waals surface area contributed by atoms with Crippen molar-refractivity contribution in [3.05, 3.63) is 29.8 Å². The summed E-state index contributed by atoms with van der Waals surface area (Å²) in [4.78, 5) is 14.1. The molecule has 1 aliphatic heterocycles. The molecule has 102 valence electrons. The second-order valence-electron chi connectivity index (χ2n) is 4.61. The summed E-state index contributed by atoms with van der Waals surface area (Å²) in [7, 11) is 0. The molecule has 1 N–H and O–H groups in total. The molecule has 0 saturated carbocycles. The molecule has 1 aromatic rings. The summed E-state index contributed by atoms with van der Waals surface area (Å²) in [6.45, 7) is 4.05. The van der Waals surface area contributed by atoms with Crippen LogP contribution in [0.1, 0.15) is 18.4 Å². The molecule has 1 saturated heterocycles. The van der Waals surface area contributed by atoms with Crippen LogP contribution in [0.2, 0.25) is 0 Å². The highest BCUT2D eigenvalue weighted by atomic mass is 32.2. The number of nitrogens with one attached hydrogen (secondary N) is 1. The predicted molar refractivity (Wildman–Crippen MR) is 85.7 cm³/mol. The molecule has 5 heteroatoms. The van der Waals surface area contributed by atoms with Crippen molar-refractivity contribution in [2.45, 2.75) is 19.8 Å². The molecule has 19 heavy (non-hydrogen) atoms. The van der Waals surface area contributed by atoms with Crippen molar-refractivity contribution >= 4 is 39.9 Å². The van der Waals surface area contributed by atoms with E-state index >= 15 is 0 Å². The van der Waals surface area contributed by atoms with E-state index in [1.54, 1.807) is 0 Å². The fourth-order valence-electron chi connectivity index (χ4n) is 2.02. The van der Waals surface area contributed by atoms with Crippen molar-refractivity contribution in [3.63, 3.8) is 0 Å². The van der Waals surface area contributed by atoms with Crippen LogP contribution in [0.4, 0.5) is 5.69 Å². The zero-order valence-corrected chi connectivity index (χ0v) is 12.6. The Hall–Kier alpha value is -1.07. The van der Waals surface area contributed by atoms with Crippen LogP contribution in [-0.4, -0.2) is 34.0 Å². The van der Waals surface area contributed by atoms with E-state index in [9.17, 15) is 4.79 Å². The summed E-state index contributed by atoms with van der Waals surface area (Å²) in [5.41, 5.74) is 1.95. The molecule has 0 unspecified atom stereocenters. The Morgan fingerprint density at radius 3 is 2.74 bits per heavy atom. The lowest BCUT2D eigenvalue weighted by Crippen LogP contribution is -2.25. The van der Waals surface area contributed by atoms with Crippen molar-refractivity contribution in [2.75, 3.05) is 24.2 Å². The van der Waals surface area contributed by atoms with Gasteiger partial charge in [-0.3, -0.25) is 4.79 Å². The van der Waals surface area contributed by atoms with Crippen molar-refractivity contribution in [1.82, 2.24) is 4.90 Å². The minimum atomic E-state index is 0.000784. The van der Waals surface area contributed by atoms with E-state index in [0.717, 1.165) is 28.7 Å². The number of aryl methyl sites for hydroxylation is 1. The number of carbonyl (C=O) groups excluding carboxylic acids is 1.